The topological polar surface area (TPSA) is 29.1 Å². The smallest absolute Gasteiger partial charge is 0.237 e. The van der Waals surface area contributed by atoms with Crippen molar-refractivity contribution >= 4 is 23.4 Å². The van der Waals surface area contributed by atoms with E-state index < -0.39 is 0 Å². The van der Waals surface area contributed by atoms with Crippen LogP contribution in [0, 0.1) is 6.92 Å². The monoisotopic (exact) mass is 299 g/mol. The van der Waals surface area contributed by atoms with E-state index in [2.05, 4.69) is 18.3 Å². The van der Waals surface area contributed by atoms with Crippen molar-refractivity contribution in [2.45, 2.75) is 37.3 Å². The highest BCUT2D eigenvalue weighted by Gasteiger charge is 2.16. The summed E-state index contributed by atoms with van der Waals surface area (Å²) in [4.78, 5) is 13.5. The van der Waals surface area contributed by atoms with E-state index in [0.717, 1.165) is 22.6 Å². The molecule has 0 bridgehead atoms. The summed E-state index contributed by atoms with van der Waals surface area (Å²) in [5.74, 6) is 0.0489. The van der Waals surface area contributed by atoms with Gasteiger partial charge >= 0.3 is 0 Å². The fourth-order valence-electron chi connectivity index (χ4n) is 2.18. The van der Waals surface area contributed by atoms with Crippen molar-refractivity contribution in [2.75, 3.05) is 5.32 Å². The van der Waals surface area contributed by atoms with Crippen LogP contribution in [0.2, 0.25) is 0 Å². The van der Waals surface area contributed by atoms with Crippen LogP contribution >= 0.6 is 11.8 Å². The summed E-state index contributed by atoms with van der Waals surface area (Å²) in [6.45, 7) is 6.08. The van der Waals surface area contributed by atoms with Crippen molar-refractivity contribution in [1.29, 1.82) is 0 Å². The zero-order valence-electron chi connectivity index (χ0n) is 12.7. The van der Waals surface area contributed by atoms with Gasteiger partial charge in [0.1, 0.15) is 0 Å². The van der Waals surface area contributed by atoms with Gasteiger partial charge in [-0.3, -0.25) is 4.79 Å². The maximum atomic E-state index is 12.4. The molecule has 2 nitrogen and oxygen atoms in total. The van der Waals surface area contributed by atoms with Gasteiger partial charge in [-0.25, -0.2) is 0 Å². The highest BCUT2D eigenvalue weighted by Crippen LogP contribution is 2.26. The maximum absolute atomic E-state index is 12.4. The fraction of sp³-hybridized carbons (Fsp3) is 0.278. The summed E-state index contributed by atoms with van der Waals surface area (Å²) >= 11 is 1.58. The minimum Gasteiger partial charge on any atom is -0.325 e. The summed E-state index contributed by atoms with van der Waals surface area (Å²) in [5, 5.41) is 2.96. The molecular formula is C18H21NOS. The number of hydrogen-bond acceptors (Lipinski definition) is 2. The van der Waals surface area contributed by atoms with E-state index in [9.17, 15) is 4.79 Å². The number of rotatable bonds is 5. The van der Waals surface area contributed by atoms with Crippen LogP contribution < -0.4 is 5.32 Å². The Morgan fingerprint density at radius 2 is 1.86 bits per heavy atom. The van der Waals surface area contributed by atoms with E-state index in [0.29, 0.717) is 0 Å². The van der Waals surface area contributed by atoms with Crippen LogP contribution in [0.4, 0.5) is 5.69 Å². The number of aryl methyl sites for hydroxylation is 2. The largest absolute Gasteiger partial charge is 0.325 e. The van der Waals surface area contributed by atoms with E-state index in [1.807, 2.05) is 56.3 Å². The molecule has 2 aromatic rings. The second kappa shape index (κ2) is 7.32. The Morgan fingerprint density at radius 1 is 1.14 bits per heavy atom. The van der Waals surface area contributed by atoms with Gasteiger partial charge in [0.05, 0.1) is 5.25 Å². The molecular weight excluding hydrogens is 278 g/mol. The lowest BCUT2D eigenvalue weighted by Crippen LogP contribution is -2.23. The first-order valence-electron chi connectivity index (χ1n) is 7.23. The highest BCUT2D eigenvalue weighted by molar-refractivity contribution is 8.00. The van der Waals surface area contributed by atoms with Gasteiger partial charge in [0, 0.05) is 10.6 Å². The molecule has 1 amide bonds. The van der Waals surface area contributed by atoms with Crippen molar-refractivity contribution in [3.63, 3.8) is 0 Å². The highest BCUT2D eigenvalue weighted by atomic mass is 32.2. The molecule has 0 spiro atoms. The van der Waals surface area contributed by atoms with E-state index in [1.165, 1.54) is 5.56 Å². The zero-order chi connectivity index (χ0) is 15.2. The number of nitrogens with one attached hydrogen (secondary N) is 1. The predicted molar refractivity (Wildman–Crippen MR) is 90.9 cm³/mol. The van der Waals surface area contributed by atoms with Gasteiger partial charge in [-0.2, -0.15) is 0 Å². The molecule has 2 aromatic carbocycles. The van der Waals surface area contributed by atoms with Crippen molar-refractivity contribution in [2.24, 2.45) is 0 Å². The SMILES string of the molecule is CCc1cccc(C)c1NC(=O)[C@H](C)Sc1ccccc1. The summed E-state index contributed by atoms with van der Waals surface area (Å²) < 4.78 is 0. The Balaban J connectivity index is 2.08. The second-order valence-electron chi connectivity index (χ2n) is 5.02. The molecule has 3 heteroatoms. The molecule has 0 saturated heterocycles. The molecule has 0 unspecified atom stereocenters. The fourth-order valence-corrected chi connectivity index (χ4v) is 3.07. The summed E-state index contributed by atoms with van der Waals surface area (Å²) in [5.41, 5.74) is 3.25. The van der Waals surface area contributed by atoms with Gasteiger partial charge in [0.2, 0.25) is 5.91 Å². The first kappa shape index (κ1) is 15.6. The number of benzene rings is 2. The summed E-state index contributed by atoms with van der Waals surface area (Å²) in [6, 6.07) is 16.1. The molecule has 1 N–H and O–H groups in total. The molecule has 0 aliphatic heterocycles. The van der Waals surface area contributed by atoms with E-state index in [1.54, 1.807) is 11.8 Å². The van der Waals surface area contributed by atoms with Crippen LogP contribution in [-0.4, -0.2) is 11.2 Å². The molecule has 0 fully saturated rings. The molecule has 1 atom stereocenters. The maximum Gasteiger partial charge on any atom is 0.237 e. The number of carbonyl (C=O) groups is 1. The number of hydrogen-bond donors (Lipinski definition) is 1. The second-order valence-corrected chi connectivity index (χ2v) is 6.44. The third-order valence-electron chi connectivity index (χ3n) is 3.41. The lowest BCUT2D eigenvalue weighted by atomic mass is 10.1. The number of thioether (sulfide) groups is 1. The first-order valence-corrected chi connectivity index (χ1v) is 8.10. The molecule has 0 aliphatic carbocycles. The van der Waals surface area contributed by atoms with Gasteiger partial charge in [0.25, 0.3) is 0 Å². The van der Waals surface area contributed by atoms with Gasteiger partial charge in [-0.05, 0) is 43.5 Å². The van der Waals surface area contributed by atoms with Crippen molar-refractivity contribution in [3.8, 4) is 0 Å². The third-order valence-corrected chi connectivity index (χ3v) is 4.53. The lowest BCUT2D eigenvalue weighted by molar-refractivity contribution is -0.115. The summed E-state index contributed by atoms with van der Waals surface area (Å²) in [7, 11) is 0. The molecule has 21 heavy (non-hydrogen) atoms. The molecule has 0 aliphatic rings. The Hall–Kier alpha value is -1.74. The zero-order valence-corrected chi connectivity index (χ0v) is 13.5. The van der Waals surface area contributed by atoms with Gasteiger partial charge in [0.15, 0.2) is 0 Å². The summed E-state index contributed by atoms with van der Waals surface area (Å²) in [6.07, 6.45) is 0.914. The molecule has 110 valence electrons. The number of amides is 1. The molecule has 2 rings (SSSR count). The van der Waals surface area contributed by atoms with Crippen LogP contribution in [0.3, 0.4) is 0 Å². The van der Waals surface area contributed by atoms with Crippen LogP contribution in [0.5, 0.6) is 0 Å². The van der Waals surface area contributed by atoms with Crippen molar-refractivity contribution < 1.29 is 4.79 Å². The van der Waals surface area contributed by atoms with Gasteiger partial charge < -0.3 is 5.32 Å². The molecule has 0 radical (unpaired) electrons. The predicted octanol–water partition coefficient (Wildman–Crippen LogP) is 4.68. The minimum absolute atomic E-state index is 0.0489. The number of carbonyl (C=O) groups excluding carboxylic acids is 1. The standard InChI is InChI=1S/C18H21NOS/c1-4-15-10-8-9-13(2)17(15)19-18(20)14(3)21-16-11-6-5-7-12-16/h5-12,14H,4H2,1-3H3,(H,19,20)/t14-/m0/s1. The van der Waals surface area contributed by atoms with Crippen LogP contribution in [0.1, 0.15) is 25.0 Å². The molecule has 0 saturated carbocycles. The van der Waals surface area contributed by atoms with Crippen LogP contribution in [0.25, 0.3) is 0 Å². The molecule has 0 heterocycles. The number of anilines is 1. The van der Waals surface area contributed by atoms with Gasteiger partial charge in [-0.1, -0.05) is 43.3 Å². The Kier molecular flexibility index (Phi) is 5.45. The van der Waals surface area contributed by atoms with E-state index in [4.69, 9.17) is 0 Å². The van der Waals surface area contributed by atoms with Crippen molar-refractivity contribution in [3.05, 3.63) is 59.7 Å². The Labute approximate surface area is 131 Å². The minimum atomic E-state index is -0.128. The first-order chi connectivity index (χ1) is 10.1. The average molecular weight is 299 g/mol. The van der Waals surface area contributed by atoms with Crippen LogP contribution in [0.15, 0.2) is 53.4 Å². The Morgan fingerprint density at radius 3 is 2.52 bits per heavy atom. The average Bonchev–Trinajstić information content (AvgIpc) is 2.50. The van der Waals surface area contributed by atoms with E-state index in [-0.39, 0.29) is 11.2 Å². The van der Waals surface area contributed by atoms with Crippen molar-refractivity contribution in [1.82, 2.24) is 0 Å². The Bertz CT molecular complexity index is 610. The van der Waals surface area contributed by atoms with Crippen LogP contribution in [-0.2, 0) is 11.2 Å². The van der Waals surface area contributed by atoms with E-state index >= 15 is 0 Å². The van der Waals surface area contributed by atoms with Gasteiger partial charge in [-0.15, -0.1) is 11.8 Å². The third kappa shape index (κ3) is 4.11. The quantitative estimate of drug-likeness (QED) is 0.812. The normalized spacial score (nSPS) is 12.0. The molecule has 0 aromatic heterocycles. The lowest BCUT2D eigenvalue weighted by Gasteiger charge is -2.16. The number of para-hydroxylation sites is 1.